The van der Waals surface area contributed by atoms with Gasteiger partial charge in [-0.25, -0.2) is 0 Å². The Labute approximate surface area is 193 Å². The predicted octanol–water partition coefficient (Wildman–Crippen LogP) is 2.18. The molecule has 7 heteroatoms. The van der Waals surface area contributed by atoms with Gasteiger partial charge in [-0.05, 0) is 70.6 Å². The van der Waals surface area contributed by atoms with E-state index in [1.807, 2.05) is 7.05 Å². The SMILES string of the molecule is CN=C(NCCCCN1CCC(C(N)=O)CC1)NC1CCN(Cc2ccccc2)C(C)C1. The number of piperidine rings is 2. The van der Waals surface area contributed by atoms with Crippen molar-refractivity contribution < 1.29 is 4.79 Å². The third-order valence-corrected chi connectivity index (χ3v) is 6.99. The van der Waals surface area contributed by atoms with E-state index < -0.39 is 0 Å². The summed E-state index contributed by atoms with van der Waals surface area (Å²) in [6.45, 7) is 8.48. The van der Waals surface area contributed by atoms with Crippen LogP contribution < -0.4 is 16.4 Å². The Bertz CT molecular complexity index is 716. The summed E-state index contributed by atoms with van der Waals surface area (Å²) < 4.78 is 0. The second-order valence-electron chi connectivity index (χ2n) is 9.40. The van der Waals surface area contributed by atoms with Crippen molar-refractivity contribution in [1.82, 2.24) is 20.4 Å². The fraction of sp³-hybridized carbons (Fsp3) is 0.680. The minimum atomic E-state index is -0.135. The van der Waals surface area contributed by atoms with Gasteiger partial charge in [0, 0.05) is 44.7 Å². The van der Waals surface area contributed by atoms with E-state index in [1.54, 1.807) is 0 Å². The Kier molecular flexibility index (Phi) is 9.81. The zero-order valence-electron chi connectivity index (χ0n) is 19.9. The van der Waals surface area contributed by atoms with Gasteiger partial charge < -0.3 is 21.3 Å². The number of hydrogen-bond acceptors (Lipinski definition) is 4. The van der Waals surface area contributed by atoms with Crippen molar-refractivity contribution in [1.29, 1.82) is 0 Å². The summed E-state index contributed by atoms with van der Waals surface area (Å²) in [5.41, 5.74) is 6.81. The van der Waals surface area contributed by atoms with Gasteiger partial charge >= 0.3 is 0 Å². The summed E-state index contributed by atoms with van der Waals surface area (Å²) in [6, 6.07) is 11.8. The smallest absolute Gasteiger partial charge is 0.220 e. The molecule has 2 aliphatic heterocycles. The Morgan fingerprint density at radius 2 is 1.88 bits per heavy atom. The van der Waals surface area contributed by atoms with Gasteiger partial charge in [0.25, 0.3) is 0 Å². The Hall–Kier alpha value is -2.12. The van der Waals surface area contributed by atoms with Crippen LogP contribution in [0.15, 0.2) is 35.3 Å². The van der Waals surface area contributed by atoms with E-state index in [4.69, 9.17) is 5.73 Å². The van der Waals surface area contributed by atoms with Crippen LogP contribution in [0.4, 0.5) is 0 Å². The number of amides is 1. The van der Waals surface area contributed by atoms with E-state index in [2.05, 4.69) is 62.7 Å². The fourth-order valence-electron chi connectivity index (χ4n) is 4.90. The predicted molar refractivity (Wildman–Crippen MR) is 131 cm³/mol. The van der Waals surface area contributed by atoms with Gasteiger partial charge in [-0.15, -0.1) is 0 Å². The highest BCUT2D eigenvalue weighted by molar-refractivity contribution is 5.80. The maximum Gasteiger partial charge on any atom is 0.220 e. The molecule has 1 amide bonds. The summed E-state index contributed by atoms with van der Waals surface area (Å²) in [6.07, 6.45) is 6.36. The molecule has 0 radical (unpaired) electrons. The number of primary amides is 1. The molecule has 4 N–H and O–H groups in total. The first-order valence-electron chi connectivity index (χ1n) is 12.3. The van der Waals surface area contributed by atoms with Gasteiger partial charge in [-0.1, -0.05) is 30.3 Å². The quantitative estimate of drug-likeness (QED) is 0.310. The monoisotopic (exact) mass is 442 g/mol. The van der Waals surface area contributed by atoms with Gasteiger partial charge in [0.2, 0.25) is 5.91 Å². The second kappa shape index (κ2) is 12.8. The number of nitrogens with one attached hydrogen (secondary N) is 2. The van der Waals surface area contributed by atoms with Crippen LogP contribution in [0.1, 0.15) is 51.0 Å². The first-order chi connectivity index (χ1) is 15.5. The van der Waals surface area contributed by atoms with Gasteiger partial charge in [-0.3, -0.25) is 14.7 Å². The minimum absolute atomic E-state index is 0.0789. The number of carbonyl (C=O) groups is 1. The van der Waals surface area contributed by atoms with Crippen LogP contribution in [0.5, 0.6) is 0 Å². The van der Waals surface area contributed by atoms with Crippen LogP contribution in [0, 0.1) is 5.92 Å². The molecule has 2 fully saturated rings. The molecule has 178 valence electrons. The molecule has 1 aromatic carbocycles. The number of nitrogens with two attached hydrogens (primary N) is 1. The van der Waals surface area contributed by atoms with E-state index >= 15 is 0 Å². The average Bonchev–Trinajstić information content (AvgIpc) is 2.81. The summed E-state index contributed by atoms with van der Waals surface area (Å²) in [4.78, 5) is 20.7. The molecule has 2 atom stereocenters. The summed E-state index contributed by atoms with van der Waals surface area (Å²) in [7, 11) is 1.85. The molecule has 7 nitrogen and oxygen atoms in total. The molecular weight excluding hydrogens is 400 g/mol. The topological polar surface area (TPSA) is 86.0 Å². The molecule has 0 saturated carbocycles. The third-order valence-electron chi connectivity index (χ3n) is 6.99. The highest BCUT2D eigenvalue weighted by Gasteiger charge is 2.26. The Morgan fingerprint density at radius 3 is 2.53 bits per heavy atom. The van der Waals surface area contributed by atoms with Crippen LogP contribution >= 0.6 is 0 Å². The first-order valence-corrected chi connectivity index (χ1v) is 12.3. The zero-order valence-corrected chi connectivity index (χ0v) is 19.9. The van der Waals surface area contributed by atoms with Gasteiger partial charge in [0.05, 0.1) is 0 Å². The molecule has 2 aliphatic rings. The molecular formula is C25H42N6O. The maximum absolute atomic E-state index is 11.3. The molecule has 2 unspecified atom stereocenters. The number of unbranched alkanes of at least 4 members (excludes halogenated alkanes) is 1. The van der Waals surface area contributed by atoms with Crippen LogP contribution in [0.3, 0.4) is 0 Å². The minimum Gasteiger partial charge on any atom is -0.369 e. The number of aliphatic imine (C=N–C) groups is 1. The molecule has 0 aromatic heterocycles. The second-order valence-corrected chi connectivity index (χ2v) is 9.40. The number of hydrogen-bond donors (Lipinski definition) is 3. The molecule has 2 saturated heterocycles. The highest BCUT2D eigenvalue weighted by atomic mass is 16.1. The van der Waals surface area contributed by atoms with Crippen molar-refractivity contribution in [3.63, 3.8) is 0 Å². The first kappa shape index (κ1) is 24.5. The van der Waals surface area contributed by atoms with Crippen molar-refractivity contribution in [3.8, 4) is 0 Å². The van der Waals surface area contributed by atoms with Gasteiger partial charge in [0.15, 0.2) is 5.96 Å². The van der Waals surface area contributed by atoms with E-state index in [9.17, 15) is 4.79 Å². The normalized spacial score (nSPS) is 23.8. The van der Waals surface area contributed by atoms with Crippen LogP contribution in [-0.4, -0.2) is 73.5 Å². The van der Waals surface area contributed by atoms with Crippen molar-refractivity contribution in [2.24, 2.45) is 16.6 Å². The van der Waals surface area contributed by atoms with Crippen molar-refractivity contribution in [2.45, 2.75) is 64.1 Å². The number of guanidine groups is 1. The summed E-state index contributed by atoms with van der Waals surface area (Å²) in [5, 5.41) is 7.12. The van der Waals surface area contributed by atoms with Crippen LogP contribution in [0.25, 0.3) is 0 Å². The van der Waals surface area contributed by atoms with Gasteiger partial charge in [-0.2, -0.15) is 0 Å². The molecule has 1 aromatic rings. The maximum atomic E-state index is 11.3. The molecule has 3 rings (SSSR count). The molecule has 0 aliphatic carbocycles. The number of benzene rings is 1. The fourth-order valence-corrected chi connectivity index (χ4v) is 4.90. The van der Waals surface area contributed by atoms with Crippen molar-refractivity contribution in [2.75, 3.05) is 39.8 Å². The van der Waals surface area contributed by atoms with Crippen molar-refractivity contribution in [3.05, 3.63) is 35.9 Å². The summed E-state index contributed by atoms with van der Waals surface area (Å²) in [5.74, 6) is 0.861. The lowest BCUT2D eigenvalue weighted by Crippen LogP contribution is -2.51. The lowest BCUT2D eigenvalue weighted by Gasteiger charge is -2.38. The van der Waals surface area contributed by atoms with Crippen molar-refractivity contribution >= 4 is 11.9 Å². The summed E-state index contributed by atoms with van der Waals surface area (Å²) >= 11 is 0. The lowest BCUT2D eigenvalue weighted by atomic mass is 9.96. The molecule has 0 spiro atoms. The molecule has 32 heavy (non-hydrogen) atoms. The third kappa shape index (κ3) is 7.78. The van der Waals surface area contributed by atoms with Crippen LogP contribution in [-0.2, 0) is 11.3 Å². The van der Waals surface area contributed by atoms with Gasteiger partial charge in [0.1, 0.15) is 0 Å². The standard InChI is InChI=1S/C25H42N6O/c1-20-18-23(12-17-31(20)19-21-8-4-3-5-9-21)29-25(27-2)28-13-6-7-14-30-15-10-22(11-16-30)24(26)32/h3-5,8-9,20,22-23H,6-7,10-19H2,1-2H3,(H2,26,32)(H2,27,28,29). The highest BCUT2D eigenvalue weighted by Crippen LogP contribution is 2.20. The largest absolute Gasteiger partial charge is 0.369 e. The zero-order chi connectivity index (χ0) is 22.8. The molecule has 0 bridgehead atoms. The van der Waals surface area contributed by atoms with E-state index in [0.717, 1.165) is 83.8 Å². The Morgan fingerprint density at radius 1 is 1.12 bits per heavy atom. The number of nitrogens with zero attached hydrogens (tertiary/aromatic N) is 3. The van der Waals surface area contributed by atoms with E-state index in [-0.39, 0.29) is 11.8 Å². The van der Waals surface area contributed by atoms with E-state index in [1.165, 1.54) is 5.56 Å². The number of carbonyl (C=O) groups excluding carboxylic acids is 1. The van der Waals surface area contributed by atoms with Crippen LogP contribution in [0.2, 0.25) is 0 Å². The Balaban J connectivity index is 1.28. The number of likely N-dealkylation sites (tertiary alicyclic amines) is 2. The average molecular weight is 443 g/mol. The van der Waals surface area contributed by atoms with E-state index in [0.29, 0.717) is 12.1 Å². The number of rotatable bonds is 9. The molecule has 2 heterocycles. The lowest BCUT2D eigenvalue weighted by molar-refractivity contribution is -0.123.